The Kier molecular flexibility index (Phi) is 6.60. The van der Waals surface area contributed by atoms with Crippen LogP contribution >= 0.6 is 23.4 Å². The van der Waals surface area contributed by atoms with Crippen LogP contribution in [0.3, 0.4) is 0 Å². The lowest BCUT2D eigenvalue weighted by atomic mass is 10.2. The van der Waals surface area contributed by atoms with Crippen molar-refractivity contribution < 1.29 is 4.79 Å². The summed E-state index contributed by atoms with van der Waals surface area (Å²) in [5.74, 6) is -0.134. The summed E-state index contributed by atoms with van der Waals surface area (Å²) in [6.07, 6.45) is 1.67. The molecule has 0 saturated carbocycles. The Morgan fingerprint density at radius 3 is 2.54 bits per heavy atom. The van der Waals surface area contributed by atoms with Gasteiger partial charge in [-0.25, -0.2) is 5.43 Å². The zero-order chi connectivity index (χ0) is 20.1. The van der Waals surface area contributed by atoms with E-state index in [-0.39, 0.29) is 11.2 Å². The number of hydrazone groups is 1. The molecule has 28 heavy (non-hydrogen) atoms. The molecule has 3 rings (SSSR count). The highest BCUT2D eigenvalue weighted by Crippen LogP contribution is 2.26. The summed E-state index contributed by atoms with van der Waals surface area (Å²) in [4.78, 5) is 13.3. The van der Waals surface area contributed by atoms with Crippen LogP contribution in [0.1, 0.15) is 23.9 Å². The fraction of sp³-hybridized carbons (Fsp3) is 0.182. The van der Waals surface area contributed by atoms with Gasteiger partial charge in [0.25, 0.3) is 5.91 Å². The van der Waals surface area contributed by atoms with E-state index in [1.165, 1.54) is 11.8 Å². The molecule has 0 unspecified atom stereocenters. The number of carbonyl (C=O) groups is 1. The smallest absolute Gasteiger partial charge is 0.253 e. The van der Waals surface area contributed by atoms with Crippen LogP contribution < -0.4 is 5.43 Å². The lowest BCUT2D eigenvalue weighted by Crippen LogP contribution is -2.26. The molecular formula is C22H22ClN3OS. The molecule has 0 spiro atoms. The fourth-order valence-electron chi connectivity index (χ4n) is 2.94. The number of para-hydroxylation sites is 1. The molecule has 3 aromatic rings. The number of benzene rings is 2. The molecule has 1 aromatic heterocycles. The van der Waals surface area contributed by atoms with E-state index >= 15 is 0 Å². The van der Waals surface area contributed by atoms with Crippen molar-refractivity contribution in [2.75, 3.05) is 0 Å². The molecule has 0 aliphatic rings. The van der Waals surface area contributed by atoms with Gasteiger partial charge in [0, 0.05) is 21.8 Å². The third-order valence-corrected chi connectivity index (χ3v) is 5.80. The van der Waals surface area contributed by atoms with Crippen molar-refractivity contribution in [1.82, 2.24) is 9.99 Å². The zero-order valence-corrected chi connectivity index (χ0v) is 17.6. The predicted octanol–water partition coefficient (Wildman–Crippen LogP) is 5.38. The first-order chi connectivity index (χ1) is 13.5. The highest BCUT2D eigenvalue weighted by molar-refractivity contribution is 8.00. The van der Waals surface area contributed by atoms with Crippen LogP contribution in [-0.2, 0) is 4.79 Å². The molecule has 0 aliphatic carbocycles. The molecule has 0 bridgehead atoms. The van der Waals surface area contributed by atoms with Gasteiger partial charge in [-0.1, -0.05) is 41.9 Å². The number of nitrogens with zero attached hydrogens (tertiary/aromatic N) is 2. The van der Waals surface area contributed by atoms with Gasteiger partial charge in [0.05, 0.1) is 22.2 Å². The molecule has 1 heterocycles. The van der Waals surface area contributed by atoms with Crippen molar-refractivity contribution in [2.45, 2.75) is 30.9 Å². The third-order valence-electron chi connectivity index (χ3n) is 4.37. The number of rotatable bonds is 6. The minimum absolute atomic E-state index is 0.134. The minimum atomic E-state index is -0.241. The molecule has 0 fully saturated rings. The van der Waals surface area contributed by atoms with Crippen molar-refractivity contribution in [3.63, 3.8) is 0 Å². The number of hydrogen-bond donors (Lipinski definition) is 1. The first-order valence-corrected chi connectivity index (χ1v) is 10.2. The summed E-state index contributed by atoms with van der Waals surface area (Å²) in [5, 5.41) is 4.60. The molecule has 1 N–H and O–H groups in total. The Balaban J connectivity index is 1.69. The summed E-state index contributed by atoms with van der Waals surface area (Å²) < 4.78 is 2.08. The number of hydrogen-bond acceptors (Lipinski definition) is 3. The van der Waals surface area contributed by atoms with Gasteiger partial charge in [-0.05, 0) is 51.1 Å². The molecular weight excluding hydrogens is 390 g/mol. The van der Waals surface area contributed by atoms with Gasteiger partial charge in [-0.3, -0.25) is 4.79 Å². The first kappa shape index (κ1) is 20.2. The van der Waals surface area contributed by atoms with E-state index in [2.05, 4.69) is 15.1 Å². The highest BCUT2D eigenvalue weighted by atomic mass is 35.5. The second-order valence-corrected chi connectivity index (χ2v) is 8.24. The van der Waals surface area contributed by atoms with Gasteiger partial charge in [0.1, 0.15) is 0 Å². The number of halogens is 1. The normalized spacial score (nSPS) is 12.3. The number of carbonyl (C=O) groups excluding carboxylic acids is 1. The van der Waals surface area contributed by atoms with E-state index in [0.29, 0.717) is 5.02 Å². The largest absolute Gasteiger partial charge is 0.316 e. The highest BCUT2D eigenvalue weighted by Gasteiger charge is 2.14. The van der Waals surface area contributed by atoms with Gasteiger partial charge in [0.2, 0.25) is 0 Å². The van der Waals surface area contributed by atoms with Crippen molar-refractivity contribution in [3.05, 3.63) is 82.6 Å². The molecule has 0 aliphatic heterocycles. The molecule has 4 nitrogen and oxygen atoms in total. The zero-order valence-electron chi connectivity index (χ0n) is 16.0. The van der Waals surface area contributed by atoms with E-state index < -0.39 is 0 Å². The third kappa shape index (κ3) is 4.66. The molecule has 1 amide bonds. The molecule has 2 aromatic carbocycles. The second kappa shape index (κ2) is 9.13. The van der Waals surface area contributed by atoms with Crippen molar-refractivity contribution >= 4 is 35.5 Å². The maximum absolute atomic E-state index is 12.3. The van der Waals surface area contributed by atoms with Crippen LogP contribution in [0, 0.1) is 13.8 Å². The van der Waals surface area contributed by atoms with E-state index in [1.54, 1.807) is 6.21 Å². The molecule has 0 radical (unpaired) electrons. The monoisotopic (exact) mass is 411 g/mol. The summed E-state index contributed by atoms with van der Waals surface area (Å²) in [5.41, 5.74) is 6.55. The van der Waals surface area contributed by atoms with Gasteiger partial charge in [-0.15, -0.1) is 11.8 Å². The van der Waals surface area contributed by atoms with Crippen molar-refractivity contribution in [1.29, 1.82) is 0 Å². The molecule has 0 saturated heterocycles. The average Bonchev–Trinajstić information content (AvgIpc) is 2.96. The maximum Gasteiger partial charge on any atom is 0.253 e. The predicted molar refractivity (Wildman–Crippen MR) is 118 cm³/mol. The molecule has 144 valence electrons. The molecule has 1 atom stereocenters. The summed E-state index contributed by atoms with van der Waals surface area (Å²) >= 11 is 7.85. The number of aryl methyl sites for hydroxylation is 1. The Morgan fingerprint density at radius 2 is 1.82 bits per heavy atom. The van der Waals surface area contributed by atoms with E-state index in [4.69, 9.17) is 11.6 Å². The van der Waals surface area contributed by atoms with E-state index in [1.807, 2.05) is 81.4 Å². The number of amides is 1. The van der Waals surface area contributed by atoms with Crippen LogP contribution in [0.2, 0.25) is 5.02 Å². The van der Waals surface area contributed by atoms with Crippen LogP contribution in [0.5, 0.6) is 0 Å². The lowest BCUT2D eigenvalue weighted by Gasteiger charge is -2.11. The van der Waals surface area contributed by atoms with Crippen LogP contribution in [0.15, 0.2) is 70.7 Å². The summed E-state index contributed by atoms with van der Waals surface area (Å²) in [6, 6.07) is 19.6. The second-order valence-electron chi connectivity index (χ2n) is 6.42. The van der Waals surface area contributed by atoms with Gasteiger partial charge < -0.3 is 4.57 Å². The van der Waals surface area contributed by atoms with Gasteiger partial charge >= 0.3 is 0 Å². The summed E-state index contributed by atoms with van der Waals surface area (Å²) in [6.45, 7) is 5.89. The van der Waals surface area contributed by atoms with Crippen molar-refractivity contribution in [3.8, 4) is 5.69 Å². The Morgan fingerprint density at radius 1 is 1.14 bits per heavy atom. The Labute approximate surface area is 174 Å². The lowest BCUT2D eigenvalue weighted by molar-refractivity contribution is -0.120. The topological polar surface area (TPSA) is 46.4 Å². The number of thioether (sulfide) groups is 1. The SMILES string of the molecule is Cc1cc(/C=N\NC(=O)[C@H](C)Sc2ccccc2)c(C)n1-c1ccccc1Cl. The average molecular weight is 412 g/mol. The van der Waals surface area contributed by atoms with E-state index in [9.17, 15) is 4.79 Å². The fourth-order valence-corrected chi connectivity index (χ4v) is 4.04. The van der Waals surface area contributed by atoms with Gasteiger partial charge in [-0.2, -0.15) is 5.10 Å². The van der Waals surface area contributed by atoms with E-state index in [0.717, 1.165) is 27.5 Å². The standard InChI is InChI=1S/C22H22ClN3OS/c1-15-13-18(16(2)26(15)21-12-8-7-11-20(21)23)14-24-25-22(27)17(3)28-19-9-5-4-6-10-19/h4-14,17H,1-3H3,(H,25,27)/b24-14-/t17-/m0/s1. The van der Waals surface area contributed by atoms with Crippen LogP contribution in [0.4, 0.5) is 0 Å². The number of aromatic nitrogens is 1. The Hall–Kier alpha value is -2.50. The first-order valence-electron chi connectivity index (χ1n) is 8.96. The number of nitrogens with one attached hydrogen (secondary N) is 1. The van der Waals surface area contributed by atoms with Crippen LogP contribution in [-0.4, -0.2) is 21.9 Å². The summed E-state index contributed by atoms with van der Waals surface area (Å²) in [7, 11) is 0. The van der Waals surface area contributed by atoms with Crippen molar-refractivity contribution in [2.24, 2.45) is 5.10 Å². The van der Waals surface area contributed by atoms with Crippen LogP contribution in [0.25, 0.3) is 5.69 Å². The Bertz CT molecular complexity index is 998. The maximum atomic E-state index is 12.3. The molecule has 6 heteroatoms. The quantitative estimate of drug-likeness (QED) is 0.336. The van der Waals surface area contributed by atoms with Gasteiger partial charge in [0.15, 0.2) is 0 Å². The minimum Gasteiger partial charge on any atom is -0.316 e.